The molecule has 0 aliphatic rings. The second kappa shape index (κ2) is 4.29. The first kappa shape index (κ1) is 12.1. The first-order chi connectivity index (χ1) is 9.06. The monoisotopic (exact) mass is 294 g/mol. The third-order valence-electron chi connectivity index (χ3n) is 2.74. The number of nitrogens with zero attached hydrogens (tertiary/aromatic N) is 2. The van der Waals surface area contributed by atoms with Crippen molar-refractivity contribution in [1.82, 2.24) is 14.6 Å². The van der Waals surface area contributed by atoms with Crippen LogP contribution in [0.15, 0.2) is 35.3 Å². The van der Waals surface area contributed by atoms with E-state index < -0.39 is 0 Å². The summed E-state index contributed by atoms with van der Waals surface area (Å²) in [7, 11) is 0. The van der Waals surface area contributed by atoms with Gasteiger partial charge in [0.2, 0.25) is 0 Å². The van der Waals surface area contributed by atoms with Gasteiger partial charge in [0, 0.05) is 16.7 Å². The summed E-state index contributed by atoms with van der Waals surface area (Å²) in [4.78, 5) is 15.9. The topological polar surface area (TPSA) is 76.2 Å². The molecule has 0 amide bonds. The Hall–Kier alpha value is -1.98. The number of H-pyrrole nitrogens is 1. The lowest BCUT2D eigenvalue weighted by atomic mass is 10.1. The van der Waals surface area contributed by atoms with Crippen molar-refractivity contribution in [3.05, 3.63) is 50.9 Å². The van der Waals surface area contributed by atoms with E-state index in [9.17, 15) is 4.79 Å². The molecule has 2 aromatic heterocycles. The van der Waals surface area contributed by atoms with E-state index in [0.29, 0.717) is 21.4 Å². The van der Waals surface area contributed by atoms with Gasteiger partial charge in [0.05, 0.1) is 16.9 Å². The number of halogens is 2. The minimum Gasteiger partial charge on any atom is -0.393 e. The van der Waals surface area contributed by atoms with Crippen LogP contribution in [0, 0.1) is 0 Å². The van der Waals surface area contributed by atoms with Gasteiger partial charge >= 0.3 is 0 Å². The van der Waals surface area contributed by atoms with E-state index in [1.54, 1.807) is 24.3 Å². The summed E-state index contributed by atoms with van der Waals surface area (Å²) >= 11 is 12.0. The minimum atomic E-state index is -0.346. The highest BCUT2D eigenvalue weighted by Crippen LogP contribution is 2.29. The predicted octanol–water partition coefficient (Wildman–Crippen LogP) is 2.58. The molecule has 0 bridgehead atoms. The molecule has 96 valence electrons. The maximum atomic E-state index is 11.8. The van der Waals surface area contributed by atoms with Crippen LogP contribution in [0.5, 0.6) is 0 Å². The Morgan fingerprint density at radius 3 is 2.79 bits per heavy atom. The summed E-state index contributed by atoms with van der Waals surface area (Å²) in [5.41, 5.74) is 7.12. The number of rotatable bonds is 1. The second-order valence-corrected chi connectivity index (χ2v) is 4.85. The first-order valence-electron chi connectivity index (χ1n) is 5.38. The maximum Gasteiger partial charge on any atom is 0.295 e. The van der Waals surface area contributed by atoms with Crippen molar-refractivity contribution in [2.75, 3.05) is 5.73 Å². The summed E-state index contributed by atoms with van der Waals surface area (Å²) in [5.74, 6) is 0. The Balaban J connectivity index is 2.26. The SMILES string of the molecule is Nc1cnc2cc(-c3ccc(Cl)cc3Cl)[nH]n2c1=O. The Morgan fingerprint density at radius 1 is 1.26 bits per heavy atom. The van der Waals surface area contributed by atoms with Gasteiger partial charge in [0.15, 0.2) is 5.65 Å². The van der Waals surface area contributed by atoms with Gasteiger partial charge < -0.3 is 5.73 Å². The molecule has 0 atom stereocenters. The molecular formula is C12H8Cl2N4O. The van der Waals surface area contributed by atoms with Crippen molar-refractivity contribution in [3.63, 3.8) is 0 Å². The Morgan fingerprint density at radius 2 is 2.05 bits per heavy atom. The van der Waals surface area contributed by atoms with Gasteiger partial charge in [-0.25, -0.2) is 4.98 Å². The van der Waals surface area contributed by atoms with Crippen molar-refractivity contribution in [2.24, 2.45) is 0 Å². The normalized spacial score (nSPS) is 11.1. The highest BCUT2D eigenvalue weighted by atomic mass is 35.5. The lowest BCUT2D eigenvalue weighted by Crippen LogP contribution is -2.18. The second-order valence-electron chi connectivity index (χ2n) is 4.01. The summed E-state index contributed by atoms with van der Waals surface area (Å²) in [6.07, 6.45) is 1.33. The molecule has 19 heavy (non-hydrogen) atoms. The standard InChI is InChI=1S/C12H8Cl2N4O/c13-6-1-2-7(8(14)3-6)10-4-11-16-5-9(15)12(19)18(11)17-10/h1-5,17H,15H2. The molecule has 3 rings (SSSR count). The zero-order chi connectivity index (χ0) is 13.6. The molecule has 0 saturated carbocycles. The molecule has 0 aliphatic carbocycles. The molecule has 0 spiro atoms. The van der Waals surface area contributed by atoms with Crippen molar-refractivity contribution in [2.45, 2.75) is 0 Å². The number of hydrogen-bond acceptors (Lipinski definition) is 3. The van der Waals surface area contributed by atoms with Crippen molar-refractivity contribution < 1.29 is 0 Å². The zero-order valence-corrected chi connectivity index (χ0v) is 11.0. The molecule has 0 radical (unpaired) electrons. The number of nitrogen functional groups attached to an aromatic ring is 1. The largest absolute Gasteiger partial charge is 0.393 e. The van der Waals surface area contributed by atoms with Crippen LogP contribution in [0.3, 0.4) is 0 Å². The van der Waals surface area contributed by atoms with E-state index in [1.807, 2.05) is 0 Å². The van der Waals surface area contributed by atoms with Crippen LogP contribution in [0.4, 0.5) is 5.69 Å². The van der Waals surface area contributed by atoms with Gasteiger partial charge in [-0.05, 0) is 18.2 Å². The van der Waals surface area contributed by atoms with Crippen LogP contribution in [0.25, 0.3) is 16.9 Å². The molecular weight excluding hydrogens is 287 g/mol. The molecule has 3 aromatic rings. The number of aromatic amines is 1. The average molecular weight is 295 g/mol. The number of nitrogens with two attached hydrogens (primary N) is 1. The van der Waals surface area contributed by atoms with Gasteiger partial charge in [-0.2, -0.15) is 4.52 Å². The van der Waals surface area contributed by atoms with Gasteiger partial charge in [-0.15, -0.1) is 0 Å². The highest BCUT2D eigenvalue weighted by Gasteiger charge is 2.10. The van der Waals surface area contributed by atoms with Crippen LogP contribution < -0.4 is 11.3 Å². The number of fused-ring (bicyclic) bond motifs is 1. The van der Waals surface area contributed by atoms with Crippen molar-refractivity contribution in [3.8, 4) is 11.3 Å². The molecule has 2 heterocycles. The van der Waals surface area contributed by atoms with E-state index in [2.05, 4.69) is 10.1 Å². The summed E-state index contributed by atoms with van der Waals surface area (Å²) < 4.78 is 1.27. The third kappa shape index (κ3) is 1.97. The van der Waals surface area contributed by atoms with Crippen LogP contribution in [-0.2, 0) is 0 Å². The molecule has 0 aliphatic heterocycles. The molecule has 0 saturated heterocycles. The van der Waals surface area contributed by atoms with Crippen LogP contribution in [0.1, 0.15) is 0 Å². The summed E-state index contributed by atoms with van der Waals surface area (Å²) in [6, 6.07) is 6.84. The first-order valence-corrected chi connectivity index (χ1v) is 6.13. The smallest absolute Gasteiger partial charge is 0.295 e. The maximum absolute atomic E-state index is 11.8. The Kier molecular flexibility index (Phi) is 2.73. The van der Waals surface area contributed by atoms with Crippen molar-refractivity contribution >= 4 is 34.5 Å². The van der Waals surface area contributed by atoms with Gasteiger partial charge in [0.1, 0.15) is 5.69 Å². The molecule has 3 N–H and O–H groups in total. The number of hydrogen-bond donors (Lipinski definition) is 2. The van der Waals surface area contributed by atoms with E-state index >= 15 is 0 Å². The summed E-state index contributed by atoms with van der Waals surface area (Å²) in [6.45, 7) is 0. The van der Waals surface area contributed by atoms with E-state index in [0.717, 1.165) is 5.56 Å². The summed E-state index contributed by atoms with van der Waals surface area (Å²) in [5, 5.41) is 3.95. The fraction of sp³-hybridized carbons (Fsp3) is 0. The van der Waals surface area contributed by atoms with Crippen LogP contribution in [0.2, 0.25) is 10.0 Å². The van der Waals surface area contributed by atoms with E-state index in [4.69, 9.17) is 28.9 Å². The molecule has 0 fully saturated rings. The Labute approximate surface area is 117 Å². The molecule has 7 heteroatoms. The number of anilines is 1. The van der Waals surface area contributed by atoms with Gasteiger partial charge in [-0.1, -0.05) is 23.2 Å². The molecule has 1 aromatic carbocycles. The fourth-order valence-corrected chi connectivity index (χ4v) is 2.33. The number of nitrogens with one attached hydrogen (secondary N) is 1. The fourth-order valence-electron chi connectivity index (χ4n) is 1.82. The van der Waals surface area contributed by atoms with Crippen molar-refractivity contribution in [1.29, 1.82) is 0 Å². The zero-order valence-electron chi connectivity index (χ0n) is 9.52. The molecule has 5 nitrogen and oxygen atoms in total. The lowest BCUT2D eigenvalue weighted by molar-refractivity contribution is 0.907. The van der Waals surface area contributed by atoms with E-state index in [-0.39, 0.29) is 11.2 Å². The predicted molar refractivity (Wildman–Crippen MR) is 75.7 cm³/mol. The third-order valence-corrected chi connectivity index (χ3v) is 3.29. The Bertz CT molecular complexity index is 837. The molecule has 0 unspecified atom stereocenters. The van der Waals surface area contributed by atoms with Gasteiger partial charge in [-0.3, -0.25) is 9.89 Å². The minimum absolute atomic E-state index is 0.0769. The highest BCUT2D eigenvalue weighted by molar-refractivity contribution is 6.36. The average Bonchev–Trinajstić information content (AvgIpc) is 2.78. The number of benzene rings is 1. The van der Waals surface area contributed by atoms with E-state index in [1.165, 1.54) is 10.7 Å². The van der Waals surface area contributed by atoms with Crippen LogP contribution in [-0.4, -0.2) is 14.6 Å². The van der Waals surface area contributed by atoms with Crippen LogP contribution >= 0.6 is 23.2 Å². The lowest BCUT2D eigenvalue weighted by Gasteiger charge is -2.01. The quantitative estimate of drug-likeness (QED) is 0.724. The number of aromatic nitrogens is 3. The van der Waals surface area contributed by atoms with Gasteiger partial charge in [0.25, 0.3) is 5.56 Å².